The number of nitrogens with one attached hydrogen (secondary N) is 1. The predicted octanol–water partition coefficient (Wildman–Crippen LogP) is 3.64. The second-order valence-electron chi connectivity index (χ2n) is 5.32. The van der Waals surface area contributed by atoms with Gasteiger partial charge in [-0.2, -0.15) is 0 Å². The molecule has 0 unspecified atom stereocenters. The fraction of sp³-hybridized carbons (Fsp3) is 0.462. The summed E-state index contributed by atoms with van der Waals surface area (Å²) >= 11 is 5.26. The SMILES string of the molecule is CC(C)(C)NCc1cncn1Cc1ccc(Br)s1. The van der Waals surface area contributed by atoms with Gasteiger partial charge in [0.05, 0.1) is 22.4 Å². The Kier molecular flexibility index (Phi) is 4.25. The Balaban J connectivity index is 2.03. The third-order valence-electron chi connectivity index (χ3n) is 2.55. The van der Waals surface area contributed by atoms with Gasteiger partial charge in [-0.1, -0.05) is 0 Å². The average Bonchev–Trinajstić information content (AvgIpc) is 2.85. The second kappa shape index (κ2) is 5.55. The van der Waals surface area contributed by atoms with E-state index in [4.69, 9.17) is 0 Å². The quantitative estimate of drug-likeness (QED) is 0.929. The molecule has 0 spiro atoms. The molecular weight excluding hydrogens is 310 g/mol. The molecular formula is C13H18BrN3S. The van der Waals surface area contributed by atoms with Gasteiger partial charge in [-0.3, -0.25) is 0 Å². The van der Waals surface area contributed by atoms with Crippen molar-refractivity contribution < 1.29 is 0 Å². The van der Waals surface area contributed by atoms with Gasteiger partial charge in [0.1, 0.15) is 0 Å². The van der Waals surface area contributed by atoms with Crippen LogP contribution in [0.4, 0.5) is 0 Å². The van der Waals surface area contributed by atoms with Gasteiger partial charge in [-0.25, -0.2) is 4.98 Å². The van der Waals surface area contributed by atoms with Crippen LogP contribution in [0, 0.1) is 0 Å². The third kappa shape index (κ3) is 3.93. The first kappa shape index (κ1) is 13.8. The summed E-state index contributed by atoms with van der Waals surface area (Å²) in [5.74, 6) is 0. The van der Waals surface area contributed by atoms with Crippen molar-refractivity contribution in [2.24, 2.45) is 0 Å². The maximum atomic E-state index is 4.24. The zero-order chi connectivity index (χ0) is 13.2. The molecule has 0 amide bonds. The van der Waals surface area contributed by atoms with Crippen LogP contribution in [0.5, 0.6) is 0 Å². The molecule has 0 aliphatic rings. The number of halogens is 1. The van der Waals surface area contributed by atoms with Crippen LogP contribution in [-0.2, 0) is 13.1 Å². The van der Waals surface area contributed by atoms with Crippen LogP contribution in [-0.4, -0.2) is 15.1 Å². The molecule has 0 atom stereocenters. The summed E-state index contributed by atoms with van der Waals surface area (Å²) in [5, 5.41) is 3.49. The van der Waals surface area contributed by atoms with Crippen LogP contribution in [0.25, 0.3) is 0 Å². The zero-order valence-corrected chi connectivity index (χ0v) is 13.3. The summed E-state index contributed by atoms with van der Waals surface area (Å²) in [7, 11) is 0. The number of aromatic nitrogens is 2. The average molecular weight is 328 g/mol. The Bertz CT molecular complexity index is 510. The molecule has 1 N–H and O–H groups in total. The number of hydrogen-bond acceptors (Lipinski definition) is 3. The highest BCUT2D eigenvalue weighted by Crippen LogP contribution is 2.23. The van der Waals surface area contributed by atoms with Crippen molar-refractivity contribution in [3.63, 3.8) is 0 Å². The van der Waals surface area contributed by atoms with Crippen LogP contribution < -0.4 is 5.32 Å². The molecule has 0 saturated heterocycles. The molecule has 2 aromatic heterocycles. The highest BCUT2D eigenvalue weighted by atomic mass is 79.9. The minimum Gasteiger partial charge on any atom is -0.328 e. The van der Waals surface area contributed by atoms with E-state index < -0.39 is 0 Å². The monoisotopic (exact) mass is 327 g/mol. The lowest BCUT2D eigenvalue weighted by molar-refractivity contribution is 0.417. The van der Waals surface area contributed by atoms with Gasteiger partial charge in [-0.15, -0.1) is 11.3 Å². The van der Waals surface area contributed by atoms with Gasteiger partial charge in [0.25, 0.3) is 0 Å². The van der Waals surface area contributed by atoms with Crippen LogP contribution in [0.15, 0.2) is 28.4 Å². The Labute approximate surface area is 120 Å². The van der Waals surface area contributed by atoms with E-state index in [0.717, 1.165) is 13.1 Å². The first-order valence-corrected chi connectivity index (χ1v) is 7.53. The van der Waals surface area contributed by atoms with E-state index in [-0.39, 0.29) is 5.54 Å². The molecule has 2 aromatic rings. The molecule has 0 bridgehead atoms. The van der Waals surface area contributed by atoms with E-state index in [1.807, 2.05) is 12.5 Å². The van der Waals surface area contributed by atoms with Gasteiger partial charge < -0.3 is 9.88 Å². The van der Waals surface area contributed by atoms with E-state index in [1.54, 1.807) is 11.3 Å². The topological polar surface area (TPSA) is 29.9 Å². The van der Waals surface area contributed by atoms with E-state index in [2.05, 4.69) is 63.7 Å². The smallest absolute Gasteiger partial charge is 0.0952 e. The lowest BCUT2D eigenvalue weighted by Crippen LogP contribution is -2.35. The zero-order valence-electron chi connectivity index (χ0n) is 10.9. The van der Waals surface area contributed by atoms with Gasteiger partial charge in [0.15, 0.2) is 0 Å². The second-order valence-corrected chi connectivity index (χ2v) is 7.87. The predicted molar refractivity (Wildman–Crippen MR) is 79.9 cm³/mol. The Hall–Kier alpha value is -0.650. The summed E-state index contributed by atoms with van der Waals surface area (Å²) in [6.45, 7) is 8.24. The van der Waals surface area contributed by atoms with Crippen LogP contribution >= 0.6 is 27.3 Å². The maximum absolute atomic E-state index is 4.24. The standard InChI is InChI=1S/C13H18BrN3S/c1-13(2,3)16-7-10-6-15-9-17(10)8-11-4-5-12(14)18-11/h4-6,9,16H,7-8H2,1-3H3. The summed E-state index contributed by atoms with van der Waals surface area (Å²) in [4.78, 5) is 5.57. The molecule has 3 nitrogen and oxygen atoms in total. The maximum Gasteiger partial charge on any atom is 0.0952 e. The summed E-state index contributed by atoms with van der Waals surface area (Å²) in [6.07, 6.45) is 3.83. The van der Waals surface area contributed by atoms with Crippen LogP contribution in [0.3, 0.4) is 0 Å². The number of imidazole rings is 1. The van der Waals surface area contributed by atoms with Gasteiger partial charge in [0.2, 0.25) is 0 Å². The summed E-state index contributed by atoms with van der Waals surface area (Å²) in [6, 6.07) is 4.24. The van der Waals surface area contributed by atoms with Gasteiger partial charge in [0, 0.05) is 23.2 Å². The summed E-state index contributed by atoms with van der Waals surface area (Å²) < 4.78 is 3.36. The van der Waals surface area contributed by atoms with Crippen molar-refractivity contribution in [1.29, 1.82) is 0 Å². The first-order chi connectivity index (χ1) is 8.44. The minimum absolute atomic E-state index is 0.126. The molecule has 0 aromatic carbocycles. The highest BCUT2D eigenvalue weighted by Gasteiger charge is 2.11. The van der Waals surface area contributed by atoms with Crippen LogP contribution in [0.1, 0.15) is 31.3 Å². The molecule has 5 heteroatoms. The number of nitrogens with zero attached hydrogens (tertiary/aromatic N) is 2. The summed E-state index contributed by atoms with van der Waals surface area (Å²) in [5.41, 5.74) is 1.34. The largest absolute Gasteiger partial charge is 0.328 e. The van der Waals surface area contributed by atoms with Crippen LogP contribution in [0.2, 0.25) is 0 Å². The number of rotatable bonds is 4. The van der Waals surface area contributed by atoms with E-state index in [9.17, 15) is 0 Å². The van der Waals surface area contributed by atoms with E-state index >= 15 is 0 Å². The molecule has 0 aliphatic carbocycles. The van der Waals surface area contributed by atoms with Crippen molar-refractivity contribution in [2.45, 2.75) is 39.4 Å². The number of thiophene rings is 1. The highest BCUT2D eigenvalue weighted by molar-refractivity contribution is 9.11. The molecule has 0 fully saturated rings. The fourth-order valence-electron chi connectivity index (χ4n) is 1.60. The van der Waals surface area contributed by atoms with Gasteiger partial charge >= 0.3 is 0 Å². The molecule has 18 heavy (non-hydrogen) atoms. The van der Waals surface area contributed by atoms with Crippen molar-refractivity contribution in [3.05, 3.63) is 39.0 Å². The van der Waals surface area contributed by atoms with E-state index in [1.165, 1.54) is 14.4 Å². The Morgan fingerprint density at radius 3 is 2.78 bits per heavy atom. The number of hydrogen-bond donors (Lipinski definition) is 1. The molecule has 2 heterocycles. The van der Waals surface area contributed by atoms with Crippen molar-refractivity contribution in [1.82, 2.24) is 14.9 Å². The minimum atomic E-state index is 0.126. The van der Waals surface area contributed by atoms with Crippen molar-refractivity contribution >= 4 is 27.3 Å². The Morgan fingerprint density at radius 2 is 2.17 bits per heavy atom. The van der Waals surface area contributed by atoms with Crippen molar-refractivity contribution in [2.75, 3.05) is 0 Å². The molecule has 0 saturated carbocycles. The Morgan fingerprint density at radius 1 is 1.39 bits per heavy atom. The lowest BCUT2D eigenvalue weighted by atomic mass is 10.1. The van der Waals surface area contributed by atoms with Gasteiger partial charge in [-0.05, 0) is 48.8 Å². The van der Waals surface area contributed by atoms with E-state index in [0.29, 0.717) is 0 Å². The molecule has 0 aliphatic heterocycles. The molecule has 98 valence electrons. The molecule has 0 radical (unpaired) electrons. The van der Waals surface area contributed by atoms with Crippen molar-refractivity contribution in [3.8, 4) is 0 Å². The molecule has 2 rings (SSSR count). The normalized spacial score (nSPS) is 12.0. The third-order valence-corrected chi connectivity index (χ3v) is 4.16. The first-order valence-electron chi connectivity index (χ1n) is 5.92. The lowest BCUT2D eigenvalue weighted by Gasteiger charge is -2.20. The fourth-order valence-corrected chi connectivity index (χ4v) is 3.08.